The molecule has 1 aliphatic carbocycles. The summed E-state index contributed by atoms with van der Waals surface area (Å²) in [4.78, 5) is 26.6. The lowest BCUT2D eigenvalue weighted by atomic mass is 9.96. The summed E-state index contributed by atoms with van der Waals surface area (Å²) in [5, 5.41) is 3.85. The second-order valence-electron chi connectivity index (χ2n) is 7.27. The quantitative estimate of drug-likeness (QED) is 0.637. The van der Waals surface area contributed by atoms with Crippen LogP contribution in [0.4, 0.5) is 4.79 Å². The molecule has 1 aromatic rings. The van der Waals surface area contributed by atoms with Gasteiger partial charge in [0.05, 0.1) is 11.8 Å². The molecule has 1 saturated heterocycles. The van der Waals surface area contributed by atoms with Crippen molar-refractivity contribution in [2.45, 2.75) is 62.9 Å². The Kier molecular flexibility index (Phi) is 7.77. The highest BCUT2D eigenvalue weighted by Crippen LogP contribution is 2.43. The molecule has 5 nitrogen and oxygen atoms in total. The number of nitrogens with zero attached hydrogens (tertiary/aromatic N) is 1. The minimum absolute atomic E-state index is 0.0316. The molecule has 1 heterocycles. The molecule has 3 rings (SSSR count). The van der Waals surface area contributed by atoms with Crippen LogP contribution in [0.2, 0.25) is 10.0 Å². The molecule has 0 bridgehead atoms. The van der Waals surface area contributed by atoms with Crippen molar-refractivity contribution in [1.82, 2.24) is 10.2 Å². The molecule has 2 amide bonds. The Labute approximate surface area is 180 Å². The van der Waals surface area contributed by atoms with Crippen LogP contribution in [0.3, 0.4) is 0 Å². The third-order valence-corrected chi connectivity index (χ3v) is 7.11. The van der Waals surface area contributed by atoms with E-state index in [-0.39, 0.29) is 30.0 Å². The van der Waals surface area contributed by atoms with Gasteiger partial charge in [-0.25, -0.2) is 4.79 Å². The predicted molar refractivity (Wildman–Crippen MR) is 114 cm³/mol. The topological polar surface area (TPSA) is 58.6 Å². The Morgan fingerprint density at radius 1 is 1.32 bits per heavy atom. The molecular formula is C20H26Cl2N2O3S. The zero-order valence-electron chi connectivity index (χ0n) is 16.0. The predicted octanol–water partition coefficient (Wildman–Crippen LogP) is 5.40. The molecule has 2 fully saturated rings. The van der Waals surface area contributed by atoms with Crippen LogP contribution >= 0.6 is 35.0 Å². The SMILES string of the molecule is CC[C@@H](COC(=O)NC1CCCCC1)N1C(=O)CS[C@H]1c1ccc(Cl)cc1Cl. The first-order valence-electron chi connectivity index (χ1n) is 9.80. The van der Waals surface area contributed by atoms with Crippen LogP contribution < -0.4 is 5.32 Å². The molecule has 0 aromatic heterocycles. The van der Waals surface area contributed by atoms with Gasteiger partial charge in [-0.05, 0) is 31.4 Å². The van der Waals surface area contributed by atoms with Gasteiger partial charge in [0, 0.05) is 21.7 Å². The zero-order valence-corrected chi connectivity index (χ0v) is 18.3. The van der Waals surface area contributed by atoms with E-state index in [2.05, 4.69) is 5.32 Å². The van der Waals surface area contributed by atoms with Gasteiger partial charge in [0.2, 0.25) is 5.91 Å². The van der Waals surface area contributed by atoms with Crippen LogP contribution in [-0.4, -0.2) is 41.3 Å². The Hall–Kier alpha value is -1.11. The Balaban J connectivity index is 1.63. The fourth-order valence-corrected chi connectivity index (χ4v) is 5.66. The smallest absolute Gasteiger partial charge is 0.407 e. The number of halogens is 2. The number of ether oxygens (including phenoxy) is 1. The number of alkyl carbamates (subject to hydrolysis) is 1. The maximum absolute atomic E-state index is 12.6. The van der Waals surface area contributed by atoms with Crippen LogP contribution in [0, 0.1) is 0 Å². The first kappa shape index (κ1) is 21.6. The molecule has 2 aliphatic rings. The van der Waals surface area contributed by atoms with Gasteiger partial charge in [-0.2, -0.15) is 0 Å². The summed E-state index contributed by atoms with van der Waals surface area (Å²) in [6.07, 6.45) is 5.82. The van der Waals surface area contributed by atoms with Crippen LogP contribution in [0.5, 0.6) is 0 Å². The van der Waals surface area contributed by atoms with E-state index in [1.807, 2.05) is 13.0 Å². The molecule has 1 saturated carbocycles. The second-order valence-corrected chi connectivity index (χ2v) is 9.18. The van der Waals surface area contributed by atoms with Crippen molar-refractivity contribution >= 4 is 47.0 Å². The maximum atomic E-state index is 12.6. The summed E-state index contributed by atoms with van der Waals surface area (Å²) < 4.78 is 5.48. The van der Waals surface area contributed by atoms with Gasteiger partial charge in [0.15, 0.2) is 0 Å². The van der Waals surface area contributed by atoms with E-state index in [1.54, 1.807) is 17.0 Å². The van der Waals surface area contributed by atoms with Crippen LogP contribution in [-0.2, 0) is 9.53 Å². The van der Waals surface area contributed by atoms with Crippen LogP contribution in [0.25, 0.3) is 0 Å². The number of benzene rings is 1. The van der Waals surface area contributed by atoms with E-state index >= 15 is 0 Å². The third kappa shape index (κ3) is 5.28. The lowest BCUT2D eigenvalue weighted by Gasteiger charge is -2.32. The Bertz CT molecular complexity index is 713. The van der Waals surface area contributed by atoms with Crippen molar-refractivity contribution < 1.29 is 14.3 Å². The van der Waals surface area contributed by atoms with Crippen molar-refractivity contribution in [2.75, 3.05) is 12.4 Å². The van der Waals surface area contributed by atoms with Gasteiger partial charge in [-0.3, -0.25) is 4.79 Å². The molecule has 8 heteroatoms. The summed E-state index contributed by atoms with van der Waals surface area (Å²) in [7, 11) is 0. The highest BCUT2D eigenvalue weighted by molar-refractivity contribution is 8.00. The van der Waals surface area contributed by atoms with Crippen molar-refractivity contribution in [1.29, 1.82) is 0 Å². The summed E-state index contributed by atoms with van der Waals surface area (Å²) >= 11 is 13.9. The minimum Gasteiger partial charge on any atom is -0.447 e. The van der Waals surface area contributed by atoms with E-state index < -0.39 is 6.09 Å². The first-order valence-corrected chi connectivity index (χ1v) is 11.6. The van der Waals surface area contributed by atoms with Gasteiger partial charge >= 0.3 is 6.09 Å². The molecule has 1 N–H and O–H groups in total. The van der Waals surface area contributed by atoms with Crippen molar-refractivity contribution in [2.24, 2.45) is 0 Å². The molecule has 0 radical (unpaired) electrons. The summed E-state index contributed by atoms with van der Waals surface area (Å²) in [5.74, 6) is 0.415. The lowest BCUT2D eigenvalue weighted by Crippen LogP contribution is -2.43. The highest BCUT2D eigenvalue weighted by Gasteiger charge is 2.38. The molecule has 1 aromatic carbocycles. The molecule has 0 spiro atoms. The number of rotatable bonds is 6. The van der Waals surface area contributed by atoms with Gasteiger partial charge in [-0.1, -0.05) is 55.5 Å². The molecule has 1 aliphatic heterocycles. The monoisotopic (exact) mass is 444 g/mol. The summed E-state index contributed by atoms with van der Waals surface area (Å²) in [6.45, 7) is 2.16. The molecular weight excluding hydrogens is 419 g/mol. The van der Waals surface area contributed by atoms with Crippen molar-refractivity contribution in [3.05, 3.63) is 33.8 Å². The van der Waals surface area contributed by atoms with E-state index in [0.29, 0.717) is 22.2 Å². The average molecular weight is 445 g/mol. The molecule has 28 heavy (non-hydrogen) atoms. The lowest BCUT2D eigenvalue weighted by molar-refractivity contribution is -0.131. The highest BCUT2D eigenvalue weighted by atomic mass is 35.5. The maximum Gasteiger partial charge on any atom is 0.407 e. The molecule has 2 atom stereocenters. The number of carbonyl (C=O) groups excluding carboxylic acids is 2. The Morgan fingerprint density at radius 3 is 2.75 bits per heavy atom. The fourth-order valence-electron chi connectivity index (χ4n) is 3.79. The van der Waals surface area contributed by atoms with E-state index in [4.69, 9.17) is 27.9 Å². The number of hydrogen-bond acceptors (Lipinski definition) is 4. The number of amides is 2. The van der Waals surface area contributed by atoms with E-state index in [1.165, 1.54) is 18.2 Å². The second kappa shape index (κ2) is 10.1. The fraction of sp³-hybridized carbons (Fsp3) is 0.600. The normalized spacial score (nSPS) is 21.6. The number of hydrogen-bond donors (Lipinski definition) is 1. The summed E-state index contributed by atoms with van der Waals surface area (Å²) in [6, 6.07) is 5.33. The van der Waals surface area contributed by atoms with Crippen LogP contribution in [0.1, 0.15) is 56.4 Å². The standard InChI is InChI=1S/C20H26Cl2N2O3S/c1-2-15(11-27-20(26)23-14-6-4-3-5-7-14)24-18(25)12-28-19(24)16-9-8-13(21)10-17(16)22/h8-10,14-15,19H,2-7,11-12H2,1H3,(H,23,26)/t15-,19-/m0/s1. The van der Waals surface area contributed by atoms with Crippen molar-refractivity contribution in [3.63, 3.8) is 0 Å². The molecule has 0 unspecified atom stereocenters. The first-order chi connectivity index (χ1) is 13.5. The molecule has 154 valence electrons. The van der Waals surface area contributed by atoms with Crippen molar-refractivity contribution in [3.8, 4) is 0 Å². The average Bonchev–Trinajstić information content (AvgIpc) is 3.04. The Morgan fingerprint density at radius 2 is 2.07 bits per heavy atom. The van der Waals surface area contributed by atoms with E-state index in [9.17, 15) is 9.59 Å². The van der Waals surface area contributed by atoms with Gasteiger partial charge < -0.3 is 15.0 Å². The largest absolute Gasteiger partial charge is 0.447 e. The summed E-state index contributed by atoms with van der Waals surface area (Å²) in [5.41, 5.74) is 0.854. The van der Waals surface area contributed by atoms with Gasteiger partial charge in [0.1, 0.15) is 12.0 Å². The van der Waals surface area contributed by atoms with Crippen LogP contribution in [0.15, 0.2) is 18.2 Å². The number of thioether (sulfide) groups is 1. The van der Waals surface area contributed by atoms with Gasteiger partial charge in [-0.15, -0.1) is 11.8 Å². The zero-order chi connectivity index (χ0) is 20.1. The number of nitrogens with one attached hydrogen (secondary N) is 1. The van der Waals surface area contributed by atoms with Gasteiger partial charge in [0.25, 0.3) is 0 Å². The third-order valence-electron chi connectivity index (χ3n) is 5.33. The number of carbonyl (C=O) groups is 2. The van der Waals surface area contributed by atoms with E-state index in [0.717, 1.165) is 31.2 Å². The minimum atomic E-state index is -0.397.